The van der Waals surface area contributed by atoms with Gasteiger partial charge >= 0.3 is 12.0 Å². The molecule has 1 aliphatic heterocycles. The highest BCUT2D eigenvalue weighted by atomic mass is 16.4. The largest absolute Gasteiger partial charge is 0.480 e. The number of carboxylic acids is 1. The van der Waals surface area contributed by atoms with Crippen LogP contribution in [0.1, 0.15) is 26.2 Å². The lowest BCUT2D eigenvalue weighted by Crippen LogP contribution is -2.52. The molecule has 1 rings (SSSR count). The maximum absolute atomic E-state index is 12.6. The molecule has 0 aromatic carbocycles. The number of carbonyl (C=O) groups excluding carboxylic acids is 1. The highest BCUT2D eigenvalue weighted by molar-refractivity contribution is 5.80. The number of aliphatic carboxylic acids is 1. The summed E-state index contributed by atoms with van der Waals surface area (Å²) in [6, 6.07) is 0.00543. The summed E-state index contributed by atoms with van der Waals surface area (Å²) in [6.07, 6.45) is 4.26. The molecule has 0 aromatic heterocycles. The first-order valence-corrected chi connectivity index (χ1v) is 7.19. The van der Waals surface area contributed by atoms with Crippen LogP contribution in [0.15, 0.2) is 12.7 Å². The van der Waals surface area contributed by atoms with Crippen LogP contribution in [0.25, 0.3) is 0 Å². The van der Waals surface area contributed by atoms with Gasteiger partial charge in [-0.15, -0.1) is 6.58 Å². The number of carboxylic acid groups (broad SMARTS) is 1. The number of piperidine rings is 1. The molecule has 6 heteroatoms. The highest BCUT2D eigenvalue weighted by Crippen LogP contribution is 2.15. The van der Waals surface area contributed by atoms with E-state index in [-0.39, 0.29) is 25.2 Å². The Morgan fingerprint density at radius 1 is 1.40 bits per heavy atom. The molecule has 0 aliphatic carbocycles. The van der Waals surface area contributed by atoms with E-state index in [1.165, 1.54) is 4.90 Å². The lowest BCUT2D eigenvalue weighted by atomic mass is 10.0. The van der Waals surface area contributed by atoms with Crippen LogP contribution in [0.5, 0.6) is 0 Å². The molecule has 0 bridgehead atoms. The zero-order valence-corrected chi connectivity index (χ0v) is 12.2. The number of hydrogen-bond donors (Lipinski definition) is 2. The molecule has 1 aliphatic rings. The Kier molecular flexibility index (Phi) is 7.08. The maximum atomic E-state index is 12.6. The van der Waals surface area contributed by atoms with Gasteiger partial charge in [0.1, 0.15) is 6.54 Å². The van der Waals surface area contributed by atoms with E-state index < -0.39 is 5.97 Å². The highest BCUT2D eigenvalue weighted by Gasteiger charge is 2.28. The molecule has 0 saturated carbocycles. The minimum atomic E-state index is -0.998. The van der Waals surface area contributed by atoms with Crippen LogP contribution < -0.4 is 5.32 Å². The van der Waals surface area contributed by atoms with Crippen molar-refractivity contribution in [2.45, 2.75) is 32.2 Å². The van der Waals surface area contributed by atoms with Gasteiger partial charge in [-0.2, -0.15) is 0 Å². The van der Waals surface area contributed by atoms with Crippen molar-refractivity contribution >= 4 is 12.0 Å². The standard InChI is InChI=1S/C14H25N3O3/c1-3-9-16(11-13(18)19)14(20)17(10-4-2)12-5-7-15-8-6-12/h3,12,15H,1,4-11H2,2H3,(H,18,19). The molecule has 6 nitrogen and oxygen atoms in total. The number of carbonyl (C=O) groups is 2. The van der Waals surface area contributed by atoms with Crippen LogP contribution in [0.4, 0.5) is 4.79 Å². The van der Waals surface area contributed by atoms with Gasteiger partial charge < -0.3 is 20.2 Å². The molecule has 0 aromatic rings. The first-order valence-electron chi connectivity index (χ1n) is 7.19. The van der Waals surface area contributed by atoms with Crippen molar-refractivity contribution in [1.82, 2.24) is 15.1 Å². The van der Waals surface area contributed by atoms with Gasteiger partial charge in [-0.25, -0.2) is 4.79 Å². The van der Waals surface area contributed by atoms with E-state index in [1.807, 2.05) is 11.8 Å². The molecule has 0 spiro atoms. The Bertz CT molecular complexity index is 341. The van der Waals surface area contributed by atoms with Crippen LogP contribution in [-0.4, -0.2) is 65.7 Å². The molecule has 0 radical (unpaired) electrons. The molecular weight excluding hydrogens is 258 g/mol. The normalized spacial score (nSPS) is 15.7. The second-order valence-electron chi connectivity index (χ2n) is 5.02. The fraction of sp³-hybridized carbons (Fsp3) is 0.714. The third-order valence-corrected chi connectivity index (χ3v) is 3.41. The fourth-order valence-corrected chi connectivity index (χ4v) is 2.50. The minimum absolute atomic E-state index is 0.193. The number of nitrogens with zero attached hydrogens (tertiary/aromatic N) is 2. The molecule has 0 atom stereocenters. The summed E-state index contributed by atoms with van der Waals surface area (Å²) in [7, 11) is 0. The van der Waals surface area contributed by atoms with E-state index >= 15 is 0 Å². The third-order valence-electron chi connectivity index (χ3n) is 3.41. The maximum Gasteiger partial charge on any atom is 0.323 e. The third kappa shape index (κ3) is 4.85. The molecule has 1 saturated heterocycles. The van der Waals surface area contributed by atoms with E-state index in [0.29, 0.717) is 6.54 Å². The number of amides is 2. The van der Waals surface area contributed by atoms with Crippen molar-refractivity contribution in [2.75, 3.05) is 32.7 Å². The van der Waals surface area contributed by atoms with Gasteiger partial charge in [0.15, 0.2) is 0 Å². The summed E-state index contributed by atoms with van der Waals surface area (Å²) in [4.78, 5) is 26.6. The zero-order valence-electron chi connectivity index (χ0n) is 12.2. The van der Waals surface area contributed by atoms with Crippen molar-refractivity contribution in [1.29, 1.82) is 0 Å². The predicted molar refractivity (Wildman–Crippen MR) is 77.7 cm³/mol. The lowest BCUT2D eigenvalue weighted by Gasteiger charge is -2.37. The molecule has 2 amide bonds. The van der Waals surface area contributed by atoms with E-state index in [2.05, 4.69) is 11.9 Å². The topological polar surface area (TPSA) is 72.9 Å². The smallest absolute Gasteiger partial charge is 0.323 e. The van der Waals surface area contributed by atoms with Gasteiger partial charge in [0, 0.05) is 19.1 Å². The Hall–Kier alpha value is -1.56. The second-order valence-corrected chi connectivity index (χ2v) is 5.02. The lowest BCUT2D eigenvalue weighted by molar-refractivity contribution is -0.137. The van der Waals surface area contributed by atoms with Crippen LogP contribution in [-0.2, 0) is 4.79 Å². The summed E-state index contributed by atoms with van der Waals surface area (Å²) in [5, 5.41) is 12.2. The Labute approximate surface area is 120 Å². The summed E-state index contributed by atoms with van der Waals surface area (Å²) in [6.45, 7) is 8.06. The average molecular weight is 283 g/mol. The molecule has 0 unspecified atom stereocenters. The second kappa shape index (κ2) is 8.58. The van der Waals surface area contributed by atoms with Gasteiger partial charge in [0.2, 0.25) is 0 Å². The SMILES string of the molecule is C=CCN(CC(=O)O)C(=O)N(CCC)C1CCNCC1. The van der Waals surface area contributed by atoms with E-state index in [1.54, 1.807) is 6.08 Å². The number of rotatable bonds is 7. The minimum Gasteiger partial charge on any atom is -0.480 e. The summed E-state index contributed by atoms with van der Waals surface area (Å²) in [5.74, 6) is -0.998. The molecule has 1 heterocycles. The zero-order chi connectivity index (χ0) is 15.0. The van der Waals surface area contributed by atoms with Crippen LogP contribution in [0.3, 0.4) is 0 Å². The number of nitrogens with one attached hydrogen (secondary N) is 1. The van der Waals surface area contributed by atoms with Crippen LogP contribution >= 0.6 is 0 Å². The van der Waals surface area contributed by atoms with Crippen LogP contribution in [0, 0.1) is 0 Å². The predicted octanol–water partition coefficient (Wildman–Crippen LogP) is 1.14. The van der Waals surface area contributed by atoms with Crippen molar-refractivity contribution < 1.29 is 14.7 Å². The van der Waals surface area contributed by atoms with Gasteiger partial charge in [-0.1, -0.05) is 13.0 Å². The van der Waals surface area contributed by atoms with Crippen molar-refractivity contribution in [3.63, 3.8) is 0 Å². The molecule has 1 fully saturated rings. The van der Waals surface area contributed by atoms with Gasteiger partial charge in [0.05, 0.1) is 0 Å². The van der Waals surface area contributed by atoms with Gasteiger partial charge in [-0.3, -0.25) is 4.79 Å². The summed E-state index contributed by atoms with van der Waals surface area (Å²) >= 11 is 0. The Balaban J connectivity index is 2.77. The molecule has 2 N–H and O–H groups in total. The summed E-state index contributed by atoms with van der Waals surface area (Å²) in [5.41, 5.74) is 0. The Morgan fingerprint density at radius 3 is 2.55 bits per heavy atom. The fourth-order valence-electron chi connectivity index (χ4n) is 2.50. The first kappa shape index (κ1) is 16.5. The van der Waals surface area contributed by atoms with E-state index in [4.69, 9.17) is 5.11 Å². The quantitative estimate of drug-likeness (QED) is 0.687. The van der Waals surface area contributed by atoms with Crippen molar-refractivity contribution in [3.8, 4) is 0 Å². The Morgan fingerprint density at radius 2 is 2.05 bits per heavy atom. The number of hydrogen-bond acceptors (Lipinski definition) is 3. The average Bonchev–Trinajstić information content (AvgIpc) is 2.44. The molecule has 114 valence electrons. The van der Waals surface area contributed by atoms with Crippen LogP contribution in [0.2, 0.25) is 0 Å². The van der Waals surface area contributed by atoms with Gasteiger partial charge in [-0.05, 0) is 32.4 Å². The summed E-state index contributed by atoms with van der Waals surface area (Å²) < 4.78 is 0. The van der Waals surface area contributed by atoms with E-state index in [0.717, 1.165) is 32.4 Å². The monoisotopic (exact) mass is 283 g/mol. The van der Waals surface area contributed by atoms with E-state index in [9.17, 15) is 9.59 Å². The molecular formula is C14H25N3O3. The van der Waals surface area contributed by atoms with Crippen molar-refractivity contribution in [3.05, 3.63) is 12.7 Å². The first-order chi connectivity index (χ1) is 9.60. The molecule has 20 heavy (non-hydrogen) atoms. The van der Waals surface area contributed by atoms with Gasteiger partial charge in [0.25, 0.3) is 0 Å². The number of urea groups is 1. The van der Waals surface area contributed by atoms with Crippen molar-refractivity contribution in [2.24, 2.45) is 0 Å².